The van der Waals surface area contributed by atoms with Gasteiger partial charge in [-0.2, -0.15) is 0 Å². The Hall–Kier alpha value is -0.630. The molecule has 1 N–H and O–H groups in total. The van der Waals surface area contributed by atoms with Crippen LogP contribution in [-0.4, -0.2) is 17.5 Å². The summed E-state index contributed by atoms with van der Waals surface area (Å²) in [6.45, 7) is 4.88. The molecular formula is C6H9O2. The quantitative estimate of drug-likeness (QED) is 0.534. The van der Waals surface area contributed by atoms with Gasteiger partial charge in [-0.05, 0) is 0 Å². The lowest BCUT2D eigenvalue weighted by Gasteiger charge is -2.04. The van der Waals surface area contributed by atoms with E-state index in [2.05, 4.69) is 6.58 Å². The predicted molar refractivity (Wildman–Crippen MR) is 31.1 cm³/mol. The fraction of sp³-hybridized carbons (Fsp3) is 0.500. The van der Waals surface area contributed by atoms with Crippen molar-refractivity contribution >= 4 is 6.29 Å². The maximum absolute atomic E-state index is 9.77. The van der Waals surface area contributed by atoms with Gasteiger partial charge < -0.3 is 5.11 Å². The number of rotatable bonds is 3. The summed E-state index contributed by atoms with van der Waals surface area (Å²) in [4.78, 5) is 9.77. The van der Waals surface area contributed by atoms with Gasteiger partial charge in [0, 0.05) is 0 Å². The molecule has 0 heterocycles. The molecule has 0 saturated carbocycles. The maximum Gasteiger partial charge on any atom is 0.204 e. The molecule has 2 nitrogen and oxygen atoms in total. The smallest absolute Gasteiger partial charge is 0.204 e. The molecule has 1 radical (unpaired) electrons. The van der Waals surface area contributed by atoms with Crippen molar-refractivity contribution in [3.05, 3.63) is 12.7 Å². The standard InChI is InChI=1S/C6H9O2/c1-3-6(8)5(2)4-7/h3,5-6,8H,1H2,2H3. The van der Waals surface area contributed by atoms with E-state index in [0.29, 0.717) is 0 Å². The van der Waals surface area contributed by atoms with Gasteiger partial charge in [-0.3, -0.25) is 4.79 Å². The van der Waals surface area contributed by atoms with Gasteiger partial charge in [0.05, 0.1) is 12.0 Å². The number of aliphatic hydroxyl groups is 1. The summed E-state index contributed by atoms with van der Waals surface area (Å²) in [6, 6.07) is 0. The Kier molecular flexibility index (Phi) is 3.12. The van der Waals surface area contributed by atoms with Crippen LogP contribution in [0.1, 0.15) is 6.92 Å². The first kappa shape index (κ1) is 7.37. The van der Waals surface area contributed by atoms with Crippen molar-refractivity contribution in [3.8, 4) is 0 Å². The average molecular weight is 113 g/mol. The lowest BCUT2D eigenvalue weighted by atomic mass is 10.1. The van der Waals surface area contributed by atoms with Crippen LogP contribution in [0.25, 0.3) is 0 Å². The van der Waals surface area contributed by atoms with Crippen LogP contribution in [0.3, 0.4) is 0 Å². The van der Waals surface area contributed by atoms with Gasteiger partial charge in [0.25, 0.3) is 0 Å². The molecule has 0 aliphatic heterocycles. The Bertz CT molecular complexity index is 76.5. The van der Waals surface area contributed by atoms with E-state index < -0.39 is 12.0 Å². The van der Waals surface area contributed by atoms with Crippen LogP contribution in [0.2, 0.25) is 0 Å². The minimum Gasteiger partial charge on any atom is -0.388 e. The Morgan fingerprint density at radius 3 is 2.50 bits per heavy atom. The zero-order valence-corrected chi connectivity index (χ0v) is 4.79. The van der Waals surface area contributed by atoms with E-state index in [-0.39, 0.29) is 0 Å². The lowest BCUT2D eigenvalue weighted by Crippen LogP contribution is -2.14. The Balaban J connectivity index is 3.60. The minimum atomic E-state index is -0.743. The van der Waals surface area contributed by atoms with Gasteiger partial charge in [-0.15, -0.1) is 6.58 Å². The summed E-state index contributed by atoms with van der Waals surface area (Å²) in [7, 11) is 0. The topological polar surface area (TPSA) is 37.3 Å². The summed E-state index contributed by atoms with van der Waals surface area (Å²) in [6.07, 6.45) is 2.22. The van der Waals surface area contributed by atoms with E-state index in [1.807, 2.05) is 0 Å². The number of hydrogen-bond donors (Lipinski definition) is 1. The first-order valence-electron chi connectivity index (χ1n) is 2.40. The van der Waals surface area contributed by atoms with Gasteiger partial charge >= 0.3 is 0 Å². The normalized spacial score (nSPS) is 16.8. The van der Waals surface area contributed by atoms with Crippen LogP contribution in [0.5, 0.6) is 0 Å². The second-order valence-electron chi connectivity index (χ2n) is 1.63. The van der Waals surface area contributed by atoms with Gasteiger partial charge in [-0.1, -0.05) is 13.0 Å². The highest BCUT2D eigenvalue weighted by Gasteiger charge is 2.07. The van der Waals surface area contributed by atoms with Crippen molar-refractivity contribution in [1.29, 1.82) is 0 Å². The fourth-order valence-corrected chi connectivity index (χ4v) is 0.274. The lowest BCUT2D eigenvalue weighted by molar-refractivity contribution is 0.191. The van der Waals surface area contributed by atoms with Crippen LogP contribution in [0.4, 0.5) is 0 Å². The van der Waals surface area contributed by atoms with Crippen LogP contribution in [0.15, 0.2) is 12.7 Å². The molecule has 0 aliphatic carbocycles. The molecule has 0 aromatic carbocycles. The molecule has 0 aromatic heterocycles. The molecule has 0 saturated heterocycles. The van der Waals surface area contributed by atoms with E-state index in [1.54, 1.807) is 13.2 Å². The monoisotopic (exact) mass is 113 g/mol. The third-order valence-electron chi connectivity index (χ3n) is 0.940. The van der Waals surface area contributed by atoms with Gasteiger partial charge in [-0.25, -0.2) is 0 Å². The molecule has 0 aromatic rings. The highest BCUT2D eigenvalue weighted by atomic mass is 16.3. The molecule has 0 bridgehead atoms. The minimum absolute atomic E-state index is 0.451. The molecular weight excluding hydrogens is 104 g/mol. The zero-order valence-electron chi connectivity index (χ0n) is 4.79. The summed E-state index contributed by atoms with van der Waals surface area (Å²) in [5.41, 5.74) is 0. The molecule has 45 valence electrons. The zero-order chi connectivity index (χ0) is 6.57. The van der Waals surface area contributed by atoms with Crippen molar-refractivity contribution in [3.63, 3.8) is 0 Å². The second-order valence-corrected chi connectivity index (χ2v) is 1.63. The van der Waals surface area contributed by atoms with Crippen molar-refractivity contribution in [2.75, 3.05) is 0 Å². The number of hydrogen-bond acceptors (Lipinski definition) is 2. The SMILES string of the molecule is C=CC(O)C(C)[C]=O. The molecule has 2 heteroatoms. The molecule has 2 atom stereocenters. The molecule has 2 unspecified atom stereocenters. The molecule has 8 heavy (non-hydrogen) atoms. The van der Waals surface area contributed by atoms with E-state index >= 15 is 0 Å². The summed E-state index contributed by atoms with van der Waals surface area (Å²) in [5, 5.41) is 8.75. The summed E-state index contributed by atoms with van der Waals surface area (Å²) >= 11 is 0. The molecule has 0 amide bonds. The molecule has 0 fully saturated rings. The van der Waals surface area contributed by atoms with Crippen LogP contribution < -0.4 is 0 Å². The maximum atomic E-state index is 9.77. The van der Waals surface area contributed by atoms with E-state index in [4.69, 9.17) is 5.11 Å². The number of aliphatic hydroxyl groups excluding tert-OH is 1. The molecule has 0 aliphatic rings. The highest BCUT2D eigenvalue weighted by molar-refractivity contribution is 5.55. The third-order valence-corrected chi connectivity index (χ3v) is 0.940. The van der Waals surface area contributed by atoms with E-state index in [0.717, 1.165) is 0 Å². The summed E-state index contributed by atoms with van der Waals surface area (Å²) < 4.78 is 0. The van der Waals surface area contributed by atoms with Gasteiger partial charge in [0.2, 0.25) is 6.29 Å². The van der Waals surface area contributed by atoms with E-state index in [1.165, 1.54) is 6.08 Å². The number of carbonyl (C=O) groups excluding carboxylic acids is 1. The summed E-state index contributed by atoms with van der Waals surface area (Å²) in [5.74, 6) is -0.451. The fourth-order valence-electron chi connectivity index (χ4n) is 0.274. The third kappa shape index (κ3) is 1.89. The predicted octanol–water partition coefficient (Wildman–Crippen LogP) is 0.279. The largest absolute Gasteiger partial charge is 0.388 e. The Morgan fingerprint density at radius 1 is 1.88 bits per heavy atom. The van der Waals surface area contributed by atoms with Crippen molar-refractivity contribution in [2.45, 2.75) is 13.0 Å². The van der Waals surface area contributed by atoms with E-state index in [9.17, 15) is 4.79 Å². The molecule has 0 spiro atoms. The van der Waals surface area contributed by atoms with Crippen molar-refractivity contribution in [1.82, 2.24) is 0 Å². The Labute approximate surface area is 48.8 Å². The first-order chi connectivity index (χ1) is 3.72. The van der Waals surface area contributed by atoms with Gasteiger partial charge in [0.15, 0.2) is 0 Å². The second kappa shape index (κ2) is 3.38. The van der Waals surface area contributed by atoms with Crippen molar-refractivity contribution in [2.24, 2.45) is 5.92 Å². The highest BCUT2D eigenvalue weighted by Crippen LogP contribution is 1.97. The van der Waals surface area contributed by atoms with Crippen LogP contribution in [0, 0.1) is 5.92 Å². The van der Waals surface area contributed by atoms with Crippen LogP contribution >= 0.6 is 0 Å². The van der Waals surface area contributed by atoms with Crippen LogP contribution in [-0.2, 0) is 4.79 Å². The first-order valence-corrected chi connectivity index (χ1v) is 2.40. The Morgan fingerprint density at radius 2 is 2.38 bits per heavy atom. The average Bonchev–Trinajstić information content (AvgIpc) is 1.84. The molecule has 0 rings (SSSR count). The van der Waals surface area contributed by atoms with Gasteiger partial charge in [0.1, 0.15) is 0 Å². The van der Waals surface area contributed by atoms with Crippen molar-refractivity contribution < 1.29 is 9.90 Å².